The van der Waals surface area contributed by atoms with Gasteiger partial charge in [-0.05, 0) is 81.6 Å². The van der Waals surface area contributed by atoms with Gasteiger partial charge in [-0.2, -0.15) is 0 Å². The summed E-state index contributed by atoms with van der Waals surface area (Å²) >= 11 is 12.9. The number of hydrogen-bond acceptors (Lipinski definition) is 4. The molecule has 0 heterocycles. The van der Waals surface area contributed by atoms with Crippen molar-refractivity contribution in [3.05, 3.63) is 93.5 Å². The lowest BCUT2D eigenvalue weighted by Crippen LogP contribution is -2.52. The largest absolute Gasteiger partial charge is 0.352 e. The number of carbonyl (C=O) groups is 2. The molecule has 7 nitrogen and oxygen atoms in total. The quantitative estimate of drug-likeness (QED) is 0.285. The van der Waals surface area contributed by atoms with Gasteiger partial charge in [0.15, 0.2) is 0 Å². The van der Waals surface area contributed by atoms with Gasteiger partial charge in [0.25, 0.3) is 10.0 Å². The summed E-state index contributed by atoms with van der Waals surface area (Å²) < 4.78 is 28.9. The van der Waals surface area contributed by atoms with Crippen LogP contribution in [0.4, 0.5) is 5.69 Å². The summed E-state index contributed by atoms with van der Waals surface area (Å²) in [5.41, 5.74) is 2.50. The van der Waals surface area contributed by atoms with Crippen LogP contribution in [0, 0.1) is 13.8 Å². The Labute approximate surface area is 247 Å². The first kappa shape index (κ1) is 31.5. The smallest absolute Gasteiger partial charge is 0.264 e. The second kappa shape index (κ2) is 13.5. The molecule has 0 aliphatic heterocycles. The summed E-state index contributed by atoms with van der Waals surface area (Å²) in [5.74, 6) is -0.948. The number of sulfonamides is 1. The molecule has 0 bridgehead atoms. The number of aryl methyl sites for hydroxylation is 2. The van der Waals surface area contributed by atoms with Gasteiger partial charge in [0.05, 0.1) is 10.6 Å². The average Bonchev–Trinajstić information content (AvgIpc) is 2.90. The van der Waals surface area contributed by atoms with Crippen LogP contribution in [0.1, 0.15) is 43.9 Å². The van der Waals surface area contributed by atoms with Crippen molar-refractivity contribution in [2.75, 3.05) is 10.8 Å². The maximum Gasteiger partial charge on any atom is 0.264 e. The lowest BCUT2D eigenvalue weighted by molar-refractivity contribution is -0.139. The Bertz CT molecular complexity index is 1420. The first-order valence-corrected chi connectivity index (χ1v) is 15.2. The van der Waals surface area contributed by atoms with Crippen molar-refractivity contribution in [3.8, 4) is 0 Å². The third kappa shape index (κ3) is 7.56. The molecule has 1 N–H and O–H groups in total. The number of anilines is 1. The Hall–Kier alpha value is -3.07. The molecule has 0 saturated heterocycles. The molecule has 0 fully saturated rings. The first-order chi connectivity index (χ1) is 18.8. The first-order valence-electron chi connectivity index (χ1n) is 13.0. The molecule has 214 valence electrons. The number of halogens is 2. The van der Waals surface area contributed by atoms with Gasteiger partial charge >= 0.3 is 0 Å². The number of amides is 2. The van der Waals surface area contributed by atoms with E-state index < -0.39 is 28.5 Å². The van der Waals surface area contributed by atoms with E-state index >= 15 is 0 Å². The highest BCUT2D eigenvalue weighted by atomic mass is 35.5. The summed E-state index contributed by atoms with van der Waals surface area (Å²) in [6.07, 6.45) is 0.707. The van der Waals surface area contributed by atoms with Gasteiger partial charge in [-0.15, -0.1) is 0 Å². The molecule has 2 amide bonds. The molecule has 10 heteroatoms. The molecule has 3 aromatic carbocycles. The Morgan fingerprint density at radius 2 is 1.48 bits per heavy atom. The molecule has 3 aromatic rings. The highest BCUT2D eigenvalue weighted by Gasteiger charge is 2.33. The Balaban J connectivity index is 2.09. The zero-order chi connectivity index (χ0) is 29.6. The monoisotopic (exact) mass is 603 g/mol. The zero-order valence-corrected chi connectivity index (χ0v) is 25.6. The predicted molar refractivity (Wildman–Crippen MR) is 161 cm³/mol. The molecular weight excluding hydrogens is 569 g/mol. The minimum absolute atomic E-state index is 0.0465. The second-order valence-corrected chi connectivity index (χ2v) is 12.6. The fraction of sp³-hybridized carbons (Fsp3) is 0.333. The predicted octanol–water partition coefficient (Wildman–Crippen LogP) is 6.14. The summed E-state index contributed by atoms with van der Waals surface area (Å²) in [5, 5.41) is 3.58. The van der Waals surface area contributed by atoms with E-state index in [0.29, 0.717) is 27.7 Å². The lowest BCUT2D eigenvalue weighted by Gasteiger charge is -2.33. The SMILES string of the molecule is CC[C@H](C)NC(=O)[C@H](C)N(Cc1c(Cl)cccc1Cl)C(=O)CN(c1cc(C)cc(C)c1)S(=O)(=O)c1ccccc1. The maximum atomic E-state index is 14.1. The molecule has 0 spiro atoms. The summed E-state index contributed by atoms with van der Waals surface area (Å²) in [7, 11) is -4.14. The lowest BCUT2D eigenvalue weighted by atomic mass is 10.1. The normalized spacial score (nSPS) is 12.9. The van der Waals surface area contributed by atoms with Gasteiger partial charge in [0, 0.05) is 28.2 Å². The Morgan fingerprint density at radius 3 is 2.02 bits per heavy atom. The Morgan fingerprint density at radius 1 is 0.900 bits per heavy atom. The van der Waals surface area contributed by atoms with Crippen molar-refractivity contribution in [2.45, 2.75) is 64.6 Å². The third-order valence-electron chi connectivity index (χ3n) is 6.66. The van der Waals surface area contributed by atoms with Crippen LogP contribution < -0.4 is 9.62 Å². The molecule has 2 atom stereocenters. The van der Waals surface area contributed by atoms with E-state index in [-0.39, 0.29) is 23.4 Å². The molecule has 0 saturated carbocycles. The van der Waals surface area contributed by atoms with E-state index in [2.05, 4.69) is 5.32 Å². The van der Waals surface area contributed by atoms with Crippen molar-refractivity contribution in [2.24, 2.45) is 0 Å². The van der Waals surface area contributed by atoms with E-state index in [1.54, 1.807) is 55.5 Å². The minimum Gasteiger partial charge on any atom is -0.352 e. The third-order valence-corrected chi connectivity index (χ3v) is 9.16. The second-order valence-electron chi connectivity index (χ2n) is 9.89. The summed E-state index contributed by atoms with van der Waals surface area (Å²) in [4.78, 5) is 28.6. The van der Waals surface area contributed by atoms with E-state index in [1.165, 1.54) is 17.0 Å². The molecule has 3 rings (SSSR count). The van der Waals surface area contributed by atoms with Crippen LogP contribution in [0.5, 0.6) is 0 Å². The van der Waals surface area contributed by atoms with Crippen molar-refractivity contribution in [3.63, 3.8) is 0 Å². The van der Waals surface area contributed by atoms with Gasteiger partial charge in [-0.25, -0.2) is 8.42 Å². The van der Waals surface area contributed by atoms with E-state index in [1.807, 2.05) is 33.8 Å². The molecule has 40 heavy (non-hydrogen) atoms. The fourth-order valence-corrected chi connectivity index (χ4v) is 6.18. The van der Waals surface area contributed by atoms with E-state index in [9.17, 15) is 18.0 Å². The van der Waals surface area contributed by atoms with Crippen molar-refractivity contribution < 1.29 is 18.0 Å². The summed E-state index contributed by atoms with van der Waals surface area (Å²) in [6.45, 7) is 8.51. The molecule has 0 unspecified atom stereocenters. The molecule has 0 aliphatic carbocycles. The van der Waals surface area contributed by atoms with Crippen LogP contribution in [0.2, 0.25) is 10.0 Å². The van der Waals surface area contributed by atoms with Crippen LogP contribution >= 0.6 is 23.2 Å². The standard InChI is InChI=1S/C30H35Cl2N3O4S/c1-6-22(4)33-30(37)23(5)34(18-26-27(31)13-10-14-28(26)32)29(36)19-35(24-16-20(2)15-21(3)17-24)40(38,39)25-11-8-7-9-12-25/h7-17,22-23H,6,18-19H2,1-5H3,(H,33,37)/t22-,23-/m0/s1. The average molecular weight is 605 g/mol. The maximum absolute atomic E-state index is 14.1. The van der Waals surface area contributed by atoms with Gasteiger partial charge in [0.2, 0.25) is 11.8 Å². The highest BCUT2D eigenvalue weighted by Crippen LogP contribution is 2.29. The van der Waals surface area contributed by atoms with E-state index in [0.717, 1.165) is 15.4 Å². The highest BCUT2D eigenvalue weighted by molar-refractivity contribution is 7.92. The fourth-order valence-electron chi connectivity index (χ4n) is 4.24. The van der Waals surface area contributed by atoms with Crippen molar-refractivity contribution in [1.82, 2.24) is 10.2 Å². The summed E-state index contributed by atoms with van der Waals surface area (Å²) in [6, 6.07) is 17.2. The molecule has 0 radical (unpaired) electrons. The van der Waals surface area contributed by atoms with Crippen molar-refractivity contribution >= 4 is 50.7 Å². The topological polar surface area (TPSA) is 86.8 Å². The van der Waals surface area contributed by atoms with Crippen LogP contribution in [0.3, 0.4) is 0 Å². The zero-order valence-electron chi connectivity index (χ0n) is 23.3. The number of nitrogens with zero attached hydrogens (tertiary/aromatic N) is 2. The Kier molecular flexibility index (Phi) is 10.6. The van der Waals surface area contributed by atoms with Gasteiger partial charge in [-0.3, -0.25) is 13.9 Å². The van der Waals surface area contributed by atoms with Crippen molar-refractivity contribution in [1.29, 1.82) is 0 Å². The van der Waals surface area contributed by atoms with Gasteiger partial charge in [-0.1, -0.05) is 60.5 Å². The number of carbonyl (C=O) groups excluding carboxylic acids is 2. The van der Waals surface area contributed by atoms with Gasteiger partial charge < -0.3 is 10.2 Å². The minimum atomic E-state index is -4.14. The van der Waals surface area contributed by atoms with Crippen LogP contribution in [-0.2, 0) is 26.2 Å². The number of nitrogens with one attached hydrogen (secondary N) is 1. The van der Waals surface area contributed by atoms with Crippen LogP contribution in [-0.4, -0.2) is 43.8 Å². The van der Waals surface area contributed by atoms with Crippen LogP contribution in [0.15, 0.2) is 71.6 Å². The molecule has 0 aromatic heterocycles. The number of rotatable bonds is 11. The number of benzene rings is 3. The molecular formula is C30H35Cl2N3O4S. The van der Waals surface area contributed by atoms with E-state index in [4.69, 9.17) is 23.2 Å². The number of hydrogen-bond donors (Lipinski definition) is 1. The molecule has 0 aliphatic rings. The van der Waals surface area contributed by atoms with Gasteiger partial charge in [0.1, 0.15) is 12.6 Å². The van der Waals surface area contributed by atoms with Crippen LogP contribution in [0.25, 0.3) is 0 Å².